The third-order valence-electron chi connectivity index (χ3n) is 3.64. The van der Waals surface area contributed by atoms with Gasteiger partial charge in [0.15, 0.2) is 0 Å². The Morgan fingerprint density at radius 2 is 1.74 bits per heavy atom. The maximum Gasteiger partial charge on any atom is 0.225 e. The lowest BCUT2D eigenvalue weighted by atomic mass is 9.88. The molecule has 1 aliphatic heterocycles. The van der Waals surface area contributed by atoms with Gasteiger partial charge >= 0.3 is 0 Å². The molecule has 0 aromatic heterocycles. The monoisotopic (exact) mass is 272 g/mol. The van der Waals surface area contributed by atoms with Crippen molar-refractivity contribution in [2.24, 2.45) is 11.8 Å². The van der Waals surface area contributed by atoms with Crippen molar-refractivity contribution in [2.45, 2.75) is 20.8 Å². The topological polar surface area (TPSA) is 50.8 Å². The molecule has 112 valence electrons. The Morgan fingerprint density at radius 3 is 2.11 bits per heavy atom. The fourth-order valence-corrected chi connectivity index (χ4v) is 2.12. The van der Waals surface area contributed by atoms with E-state index in [1.807, 2.05) is 25.7 Å². The normalized spacial score (nSPS) is 17.0. The summed E-state index contributed by atoms with van der Waals surface area (Å²) in [5, 5.41) is 3.22. The van der Waals surface area contributed by atoms with E-state index in [0.717, 1.165) is 13.1 Å². The van der Waals surface area contributed by atoms with Gasteiger partial charge in [0.2, 0.25) is 5.91 Å². The zero-order chi connectivity index (χ0) is 14.1. The highest BCUT2D eigenvalue weighted by Gasteiger charge is 2.31. The molecule has 1 saturated heterocycles. The summed E-state index contributed by atoms with van der Waals surface area (Å²) >= 11 is 0. The van der Waals surface area contributed by atoms with Crippen LogP contribution >= 0.6 is 0 Å². The predicted octanol–water partition coefficient (Wildman–Crippen LogP) is 0.744. The van der Waals surface area contributed by atoms with Crippen molar-refractivity contribution in [3.63, 3.8) is 0 Å². The molecule has 1 heterocycles. The molecule has 1 unspecified atom stereocenters. The van der Waals surface area contributed by atoms with Crippen molar-refractivity contribution in [3.8, 4) is 0 Å². The first kappa shape index (κ1) is 16.4. The number of nitrogens with one attached hydrogen (secondary N) is 1. The Hall–Kier alpha value is -0.650. The summed E-state index contributed by atoms with van der Waals surface area (Å²) < 4.78 is 10.7. The van der Waals surface area contributed by atoms with Crippen LogP contribution in [0.15, 0.2) is 0 Å². The summed E-state index contributed by atoms with van der Waals surface area (Å²) in [6.07, 6.45) is 0. The third kappa shape index (κ3) is 5.47. The van der Waals surface area contributed by atoms with Gasteiger partial charge in [-0.05, 0) is 32.9 Å². The van der Waals surface area contributed by atoms with E-state index in [4.69, 9.17) is 9.47 Å². The van der Waals surface area contributed by atoms with Gasteiger partial charge < -0.3 is 19.7 Å². The van der Waals surface area contributed by atoms with Gasteiger partial charge in [-0.3, -0.25) is 4.79 Å². The van der Waals surface area contributed by atoms with Crippen LogP contribution in [0.3, 0.4) is 0 Å². The highest BCUT2D eigenvalue weighted by molar-refractivity contribution is 5.79. The van der Waals surface area contributed by atoms with Crippen LogP contribution in [-0.4, -0.2) is 63.4 Å². The minimum absolute atomic E-state index is 0.0875. The number of rotatable bonds is 10. The van der Waals surface area contributed by atoms with Crippen LogP contribution in [0.4, 0.5) is 0 Å². The average Bonchev–Trinajstić information content (AvgIpc) is 2.34. The molecule has 1 aliphatic rings. The molecule has 0 radical (unpaired) electrons. The molecular weight excluding hydrogens is 244 g/mol. The van der Waals surface area contributed by atoms with E-state index in [9.17, 15) is 4.79 Å². The second kappa shape index (κ2) is 9.28. The largest absolute Gasteiger partial charge is 0.380 e. The van der Waals surface area contributed by atoms with Crippen LogP contribution in [0, 0.1) is 11.8 Å². The molecule has 0 spiro atoms. The molecule has 19 heavy (non-hydrogen) atoms. The van der Waals surface area contributed by atoms with Gasteiger partial charge in [-0.15, -0.1) is 0 Å². The first-order valence-corrected chi connectivity index (χ1v) is 7.35. The SMILES string of the molecule is CCOCCN(CCOCC)C(=O)C(C)C1CNC1. The number of nitrogens with zero attached hydrogens (tertiary/aromatic N) is 1. The van der Waals surface area contributed by atoms with E-state index < -0.39 is 0 Å². The van der Waals surface area contributed by atoms with Crippen LogP contribution in [0.1, 0.15) is 20.8 Å². The lowest BCUT2D eigenvalue weighted by molar-refractivity contribution is -0.139. The van der Waals surface area contributed by atoms with E-state index in [1.54, 1.807) is 0 Å². The van der Waals surface area contributed by atoms with Crippen molar-refractivity contribution >= 4 is 5.91 Å². The van der Waals surface area contributed by atoms with E-state index in [0.29, 0.717) is 45.4 Å². The zero-order valence-corrected chi connectivity index (χ0v) is 12.5. The van der Waals surface area contributed by atoms with Gasteiger partial charge in [0.05, 0.1) is 13.2 Å². The molecule has 0 aromatic rings. The predicted molar refractivity (Wildman–Crippen MR) is 75.1 cm³/mol. The van der Waals surface area contributed by atoms with E-state index in [-0.39, 0.29) is 11.8 Å². The zero-order valence-electron chi connectivity index (χ0n) is 12.5. The first-order chi connectivity index (χ1) is 9.20. The molecule has 5 heteroatoms. The smallest absolute Gasteiger partial charge is 0.225 e. The van der Waals surface area contributed by atoms with Gasteiger partial charge in [-0.1, -0.05) is 6.92 Å². The van der Waals surface area contributed by atoms with Crippen LogP contribution in [0.25, 0.3) is 0 Å². The van der Waals surface area contributed by atoms with Crippen molar-refractivity contribution in [1.82, 2.24) is 10.2 Å². The van der Waals surface area contributed by atoms with Gasteiger partial charge in [0.1, 0.15) is 0 Å². The third-order valence-corrected chi connectivity index (χ3v) is 3.64. The first-order valence-electron chi connectivity index (χ1n) is 7.35. The number of hydrogen-bond donors (Lipinski definition) is 1. The number of hydrogen-bond acceptors (Lipinski definition) is 4. The molecule has 1 fully saturated rings. The van der Waals surface area contributed by atoms with Crippen molar-refractivity contribution in [2.75, 3.05) is 52.6 Å². The molecule has 0 saturated carbocycles. The molecule has 1 amide bonds. The van der Waals surface area contributed by atoms with Gasteiger partial charge in [0, 0.05) is 32.2 Å². The lowest BCUT2D eigenvalue weighted by Crippen LogP contribution is -2.51. The van der Waals surface area contributed by atoms with Crippen molar-refractivity contribution < 1.29 is 14.3 Å². The lowest BCUT2D eigenvalue weighted by Gasteiger charge is -2.35. The Morgan fingerprint density at radius 1 is 1.21 bits per heavy atom. The molecular formula is C14H28N2O3. The Bertz CT molecular complexity index is 247. The molecule has 0 bridgehead atoms. The number of ether oxygens (including phenoxy) is 2. The quantitative estimate of drug-likeness (QED) is 0.596. The molecule has 0 aliphatic carbocycles. The summed E-state index contributed by atoms with van der Waals surface area (Å²) in [4.78, 5) is 14.3. The molecule has 1 N–H and O–H groups in total. The molecule has 5 nitrogen and oxygen atoms in total. The van der Waals surface area contributed by atoms with Crippen molar-refractivity contribution in [1.29, 1.82) is 0 Å². The second-order valence-corrected chi connectivity index (χ2v) is 4.93. The number of carbonyl (C=O) groups is 1. The summed E-state index contributed by atoms with van der Waals surface area (Å²) in [6.45, 7) is 11.8. The minimum atomic E-state index is 0.0875. The summed E-state index contributed by atoms with van der Waals surface area (Å²) in [5.41, 5.74) is 0. The second-order valence-electron chi connectivity index (χ2n) is 4.93. The highest BCUT2D eigenvalue weighted by Crippen LogP contribution is 2.18. The standard InChI is InChI=1S/C14H28N2O3/c1-4-18-8-6-16(7-9-19-5-2)14(17)12(3)13-10-15-11-13/h12-13,15H,4-11H2,1-3H3. The van der Waals surface area contributed by atoms with Crippen LogP contribution < -0.4 is 5.32 Å². The maximum absolute atomic E-state index is 12.5. The van der Waals surface area contributed by atoms with E-state index >= 15 is 0 Å². The average molecular weight is 272 g/mol. The highest BCUT2D eigenvalue weighted by atomic mass is 16.5. The van der Waals surface area contributed by atoms with Crippen LogP contribution in [0.5, 0.6) is 0 Å². The van der Waals surface area contributed by atoms with Gasteiger partial charge in [-0.25, -0.2) is 0 Å². The number of carbonyl (C=O) groups excluding carboxylic acids is 1. The fraction of sp³-hybridized carbons (Fsp3) is 0.929. The summed E-state index contributed by atoms with van der Waals surface area (Å²) in [5.74, 6) is 0.796. The Labute approximate surface area is 116 Å². The molecule has 1 rings (SSSR count). The van der Waals surface area contributed by atoms with Crippen LogP contribution in [0.2, 0.25) is 0 Å². The molecule has 0 aromatic carbocycles. The van der Waals surface area contributed by atoms with Gasteiger partial charge in [0.25, 0.3) is 0 Å². The summed E-state index contributed by atoms with van der Waals surface area (Å²) in [7, 11) is 0. The van der Waals surface area contributed by atoms with Crippen molar-refractivity contribution in [3.05, 3.63) is 0 Å². The van der Waals surface area contributed by atoms with Gasteiger partial charge in [-0.2, -0.15) is 0 Å². The maximum atomic E-state index is 12.5. The van der Waals surface area contributed by atoms with Crippen LogP contribution in [-0.2, 0) is 14.3 Å². The minimum Gasteiger partial charge on any atom is -0.380 e. The molecule has 1 atom stereocenters. The number of amides is 1. The van der Waals surface area contributed by atoms with E-state index in [2.05, 4.69) is 5.32 Å². The van der Waals surface area contributed by atoms with E-state index in [1.165, 1.54) is 0 Å². The summed E-state index contributed by atoms with van der Waals surface area (Å²) in [6, 6.07) is 0. The Kier molecular flexibility index (Phi) is 8.02. The Balaban J connectivity index is 2.41. The fourth-order valence-electron chi connectivity index (χ4n) is 2.12.